The number of ether oxygens (including phenoxy) is 3. The van der Waals surface area contributed by atoms with E-state index in [1.165, 1.54) is 0 Å². The summed E-state index contributed by atoms with van der Waals surface area (Å²) in [5.41, 5.74) is 2.77. The van der Waals surface area contributed by atoms with Crippen LogP contribution in [-0.4, -0.2) is 25.2 Å². The molecule has 3 rings (SSSR count). The lowest BCUT2D eigenvalue weighted by Gasteiger charge is -2.17. The molecule has 3 aromatic carbocycles. The summed E-state index contributed by atoms with van der Waals surface area (Å²) in [5, 5.41) is 2.87. The van der Waals surface area contributed by atoms with Gasteiger partial charge in [0.15, 0.2) is 6.10 Å². The highest BCUT2D eigenvalue weighted by atomic mass is 16.5. The largest absolute Gasteiger partial charge is 0.490 e. The Kier molecular flexibility index (Phi) is 7.33. The van der Waals surface area contributed by atoms with Gasteiger partial charge in [-0.2, -0.15) is 0 Å². The molecule has 3 aromatic rings. The van der Waals surface area contributed by atoms with Crippen molar-refractivity contribution in [2.24, 2.45) is 0 Å². The van der Waals surface area contributed by atoms with Crippen LogP contribution < -0.4 is 19.5 Å². The number of benzene rings is 3. The van der Waals surface area contributed by atoms with Gasteiger partial charge < -0.3 is 19.5 Å². The first-order valence-electron chi connectivity index (χ1n) is 9.97. The molecule has 0 saturated heterocycles. The number of nitrogens with one attached hydrogen (secondary N) is 1. The molecule has 0 bridgehead atoms. The first-order valence-corrected chi connectivity index (χ1v) is 9.97. The molecule has 0 aliphatic carbocycles. The lowest BCUT2D eigenvalue weighted by Crippen LogP contribution is -2.30. The number of anilines is 1. The second kappa shape index (κ2) is 10.3. The van der Waals surface area contributed by atoms with Crippen molar-refractivity contribution < 1.29 is 19.0 Å². The molecule has 5 nitrogen and oxygen atoms in total. The van der Waals surface area contributed by atoms with Gasteiger partial charge in [-0.15, -0.1) is 0 Å². The van der Waals surface area contributed by atoms with Gasteiger partial charge in [-0.05, 0) is 74.4 Å². The maximum absolute atomic E-state index is 12.5. The molecule has 0 spiro atoms. The third-order valence-corrected chi connectivity index (χ3v) is 4.50. The minimum absolute atomic E-state index is 0.208. The Bertz CT molecular complexity index is 955. The predicted octanol–water partition coefficient (Wildman–Crippen LogP) is 5.17. The Morgan fingerprint density at radius 3 is 2.17 bits per heavy atom. The van der Waals surface area contributed by atoms with E-state index in [0.29, 0.717) is 24.7 Å². The van der Waals surface area contributed by atoms with E-state index >= 15 is 0 Å². The number of hydrogen-bond acceptors (Lipinski definition) is 4. The van der Waals surface area contributed by atoms with Crippen LogP contribution >= 0.6 is 0 Å². The highest BCUT2D eigenvalue weighted by Gasteiger charge is 2.16. The molecule has 5 heteroatoms. The van der Waals surface area contributed by atoms with Gasteiger partial charge in [0.2, 0.25) is 0 Å². The van der Waals surface area contributed by atoms with Crippen molar-refractivity contribution in [1.29, 1.82) is 0 Å². The summed E-state index contributed by atoms with van der Waals surface area (Å²) < 4.78 is 17.1. The van der Waals surface area contributed by atoms with Crippen LogP contribution in [0, 0.1) is 13.8 Å². The molecular formula is C25H27NO4. The van der Waals surface area contributed by atoms with E-state index in [4.69, 9.17) is 14.2 Å². The normalized spacial score (nSPS) is 11.4. The third kappa shape index (κ3) is 6.27. The fourth-order valence-corrected chi connectivity index (χ4v) is 2.79. The van der Waals surface area contributed by atoms with Crippen LogP contribution in [0.5, 0.6) is 17.2 Å². The molecule has 156 valence electrons. The number of carbonyl (C=O) groups is 1. The number of rotatable bonds is 9. The maximum Gasteiger partial charge on any atom is 0.265 e. The second-order valence-electron chi connectivity index (χ2n) is 7.05. The zero-order valence-corrected chi connectivity index (χ0v) is 17.6. The van der Waals surface area contributed by atoms with E-state index < -0.39 is 6.10 Å². The molecule has 1 amide bonds. The van der Waals surface area contributed by atoms with Gasteiger partial charge in [0.1, 0.15) is 30.5 Å². The molecule has 0 saturated carbocycles. The maximum atomic E-state index is 12.5. The number of amides is 1. The average molecular weight is 405 g/mol. The summed E-state index contributed by atoms with van der Waals surface area (Å²) in [7, 11) is 0. The molecule has 0 aliphatic rings. The van der Waals surface area contributed by atoms with Gasteiger partial charge >= 0.3 is 0 Å². The third-order valence-electron chi connectivity index (χ3n) is 4.50. The number of aryl methyl sites for hydroxylation is 2. The quantitative estimate of drug-likeness (QED) is 0.499. The first kappa shape index (κ1) is 21.2. The fraction of sp³-hybridized carbons (Fsp3) is 0.240. The van der Waals surface area contributed by atoms with Gasteiger partial charge in [0.05, 0.1) is 0 Å². The van der Waals surface area contributed by atoms with Gasteiger partial charge in [-0.25, -0.2) is 0 Å². The molecule has 1 N–H and O–H groups in total. The van der Waals surface area contributed by atoms with Crippen LogP contribution in [0.2, 0.25) is 0 Å². The summed E-state index contributed by atoms with van der Waals surface area (Å²) >= 11 is 0. The number of para-hydroxylation sites is 1. The van der Waals surface area contributed by atoms with Gasteiger partial charge in [0, 0.05) is 5.69 Å². The van der Waals surface area contributed by atoms with Crippen molar-refractivity contribution in [3.8, 4) is 17.2 Å². The minimum Gasteiger partial charge on any atom is -0.490 e. The standard InChI is InChI=1S/C25H27NO4/c1-18-9-10-19(2)24(17-18)30-20(3)25(27)26-21-11-13-23(14-12-21)29-16-15-28-22-7-5-4-6-8-22/h4-14,17,20H,15-16H2,1-3H3,(H,26,27)/t20-/m0/s1. The highest BCUT2D eigenvalue weighted by Crippen LogP contribution is 2.21. The smallest absolute Gasteiger partial charge is 0.265 e. The van der Waals surface area contributed by atoms with E-state index in [9.17, 15) is 4.79 Å². The van der Waals surface area contributed by atoms with Crippen LogP contribution in [0.3, 0.4) is 0 Å². The second-order valence-corrected chi connectivity index (χ2v) is 7.05. The molecule has 0 unspecified atom stereocenters. The highest BCUT2D eigenvalue weighted by molar-refractivity contribution is 5.94. The van der Waals surface area contributed by atoms with E-state index in [2.05, 4.69) is 5.32 Å². The molecule has 0 aromatic heterocycles. The van der Waals surface area contributed by atoms with Gasteiger partial charge in [0.25, 0.3) is 5.91 Å². The van der Waals surface area contributed by atoms with Crippen molar-refractivity contribution >= 4 is 11.6 Å². The Morgan fingerprint density at radius 2 is 1.50 bits per heavy atom. The topological polar surface area (TPSA) is 56.8 Å². The molecule has 1 atom stereocenters. The number of carbonyl (C=O) groups excluding carboxylic acids is 1. The van der Waals surface area contributed by atoms with Crippen LogP contribution in [0.15, 0.2) is 72.8 Å². The van der Waals surface area contributed by atoms with E-state index in [1.807, 2.05) is 74.5 Å². The lowest BCUT2D eigenvalue weighted by molar-refractivity contribution is -0.122. The molecule has 0 aliphatic heterocycles. The summed E-state index contributed by atoms with van der Waals surface area (Å²) in [6.07, 6.45) is -0.614. The van der Waals surface area contributed by atoms with E-state index in [0.717, 1.165) is 22.6 Å². The summed E-state index contributed by atoms with van der Waals surface area (Å²) in [5.74, 6) is 2.04. The number of hydrogen-bond donors (Lipinski definition) is 1. The zero-order chi connectivity index (χ0) is 21.3. The van der Waals surface area contributed by atoms with Gasteiger partial charge in [-0.1, -0.05) is 30.3 Å². The van der Waals surface area contributed by atoms with Gasteiger partial charge in [-0.3, -0.25) is 4.79 Å². The van der Waals surface area contributed by atoms with Crippen molar-refractivity contribution in [2.75, 3.05) is 18.5 Å². The van der Waals surface area contributed by atoms with Crippen LogP contribution in [0.25, 0.3) is 0 Å². The average Bonchev–Trinajstić information content (AvgIpc) is 2.75. The SMILES string of the molecule is Cc1ccc(C)c(O[C@@H](C)C(=O)Nc2ccc(OCCOc3ccccc3)cc2)c1. The van der Waals surface area contributed by atoms with Crippen molar-refractivity contribution in [3.05, 3.63) is 83.9 Å². The molecular weight excluding hydrogens is 378 g/mol. The Labute approximate surface area is 177 Å². The van der Waals surface area contributed by atoms with Crippen LogP contribution in [-0.2, 0) is 4.79 Å². The minimum atomic E-state index is -0.614. The first-order chi connectivity index (χ1) is 14.5. The molecule has 30 heavy (non-hydrogen) atoms. The van der Waals surface area contributed by atoms with E-state index in [1.54, 1.807) is 19.1 Å². The van der Waals surface area contributed by atoms with E-state index in [-0.39, 0.29) is 5.91 Å². The van der Waals surface area contributed by atoms with Crippen LogP contribution in [0.4, 0.5) is 5.69 Å². The summed E-state index contributed by atoms with van der Waals surface area (Å²) in [6, 6.07) is 22.8. The molecule has 0 fully saturated rings. The zero-order valence-electron chi connectivity index (χ0n) is 17.6. The molecule has 0 heterocycles. The van der Waals surface area contributed by atoms with Crippen molar-refractivity contribution in [3.63, 3.8) is 0 Å². The van der Waals surface area contributed by atoms with Crippen molar-refractivity contribution in [1.82, 2.24) is 0 Å². The predicted molar refractivity (Wildman–Crippen MR) is 119 cm³/mol. The summed E-state index contributed by atoms with van der Waals surface area (Å²) in [6.45, 7) is 6.58. The Hall–Kier alpha value is -3.47. The lowest BCUT2D eigenvalue weighted by atomic mass is 10.1. The molecule has 0 radical (unpaired) electrons. The Balaban J connectivity index is 1.45. The Morgan fingerprint density at radius 1 is 0.867 bits per heavy atom. The monoisotopic (exact) mass is 405 g/mol. The fourth-order valence-electron chi connectivity index (χ4n) is 2.79. The van der Waals surface area contributed by atoms with Crippen molar-refractivity contribution in [2.45, 2.75) is 26.9 Å². The van der Waals surface area contributed by atoms with Crippen LogP contribution in [0.1, 0.15) is 18.1 Å². The summed E-state index contributed by atoms with van der Waals surface area (Å²) in [4.78, 5) is 12.5.